The molecule has 6 nitrogen and oxygen atoms in total. The number of rotatable bonds is 9. The average Bonchev–Trinajstić information content (AvgIpc) is 2.85. The van der Waals surface area contributed by atoms with E-state index < -0.39 is 23.8 Å². The maximum absolute atomic E-state index is 12.6. The molecule has 0 bridgehead atoms. The number of halogens is 2. The molecule has 0 spiro atoms. The van der Waals surface area contributed by atoms with Gasteiger partial charge in [0.25, 0.3) is 0 Å². The van der Waals surface area contributed by atoms with E-state index in [1.807, 2.05) is 0 Å². The molecular formula is C28H22Cl2N2O4. The van der Waals surface area contributed by atoms with Crippen LogP contribution in [0, 0.1) is 0 Å². The van der Waals surface area contributed by atoms with Gasteiger partial charge in [-0.15, -0.1) is 0 Å². The van der Waals surface area contributed by atoms with E-state index in [-0.39, 0.29) is 0 Å². The Bertz CT molecular complexity index is 1410. The topological polar surface area (TPSA) is 98.7 Å². The summed E-state index contributed by atoms with van der Waals surface area (Å²) in [6, 6.07) is 27.5. The number of carboxylic acid groups (broad SMARTS) is 2. The lowest BCUT2D eigenvalue weighted by atomic mass is 9.80. The minimum Gasteiger partial charge on any atom is -0.481 e. The Hall–Kier alpha value is -4.00. The highest BCUT2D eigenvalue weighted by Crippen LogP contribution is 2.41. The van der Waals surface area contributed by atoms with Gasteiger partial charge in [-0.05, 0) is 53.6 Å². The van der Waals surface area contributed by atoms with E-state index >= 15 is 0 Å². The van der Waals surface area contributed by atoms with E-state index in [2.05, 4.69) is 10.6 Å². The van der Waals surface area contributed by atoms with Crippen molar-refractivity contribution in [1.29, 1.82) is 0 Å². The molecule has 2 atom stereocenters. The average molecular weight is 521 g/mol. The van der Waals surface area contributed by atoms with Crippen LogP contribution in [0.5, 0.6) is 0 Å². The molecule has 0 heterocycles. The number of anilines is 4. The van der Waals surface area contributed by atoms with Gasteiger partial charge < -0.3 is 20.8 Å². The highest BCUT2D eigenvalue weighted by molar-refractivity contribution is 6.33. The van der Waals surface area contributed by atoms with Gasteiger partial charge in [0, 0.05) is 22.1 Å². The van der Waals surface area contributed by atoms with E-state index in [0.29, 0.717) is 43.9 Å². The minimum atomic E-state index is -1.41. The predicted octanol–water partition coefficient (Wildman–Crippen LogP) is 7.52. The molecule has 8 heteroatoms. The number of benzene rings is 4. The molecule has 0 radical (unpaired) electrons. The summed E-state index contributed by atoms with van der Waals surface area (Å²) in [5, 5.41) is 27.9. The first-order chi connectivity index (χ1) is 17.3. The van der Waals surface area contributed by atoms with Gasteiger partial charge in [0.1, 0.15) is 11.8 Å². The molecule has 0 aliphatic rings. The number of para-hydroxylation sites is 3. The van der Waals surface area contributed by atoms with E-state index in [1.54, 1.807) is 97.1 Å². The van der Waals surface area contributed by atoms with Crippen LogP contribution in [-0.4, -0.2) is 22.2 Å². The molecule has 0 saturated heterocycles. The smallest absolute Gasteiger partial charge is 0.312 e. The second-order valence-electron chi connectivity index (χ2n) is 8.05. The fraction of sp³-hybridized carbons (Fsp3) is 0.0714. The van der Waals surface area contributed by atoms with Gasteiger partial charge in [-0.25, -0.2) is 0 Å². The first kappa shape index (κ1) is 25.1. The van der Waals surface area contributed by atoms with Gasteiger partial charge in [0.2, 0.25) is 0 Å². The van der Waals surface area contributed by atoms with E-state index in [4.69, 9.17) is 23.2 Å². The van der Waals surface area contributed by atoms with Crippen molar-refractivity contribution in [3.05, 3.63) is 118 Å². The van der Waals surface area contributed by atoms with Crippen LogP contribution in [0.2, 0.25) is 10.0 Å². The molecule has 0 amide bonds. The van der Waals surface area contributed by atoms with Crippen molar-refractivity contribution in [2.45, 2.75) is 11.8 Å². The standard InChI is InChI=1S/C28H22Cl2N2O4/c29-17-8-7-9-18(16-17)31-22-13-4-1-10-19(22)25(27(33)34)26(28(35)36)20-11-2-5-14-23(20)32-24-15-6-3-12-21(24)30/h1-16,25-26,31-32H,(H,33,34)(H,35,36). The van der Waals surface area contributed by atoms with Crippen molar-refractivity contribution in [2.24, 2.45) is 0 Å². The van der Waals surface area contributed by atoms with Crippen molar-refractivity contribution in [3.8, 4) is 0 Å². The first-order valence-electron chi connectivity index (χ1n) is 11.0. The lowest BCUT2D eigenvalue weighted by Gasteiger charge is -2.26. The monoisotopic (exact) mass is 520 g/mol. The number of aliphatic carboxylic acids is 2. The fourth-order valence-electron chi connectivity index (χ4n) is 4.10. The second kappa shape index (κ2) is 11.2. The number of carbonyl (C=O) groups is 2. The zero-order valence-corrected chi connectivity index (χ0v) is 20.4. The number of nitrogens with one attached hydrogen (secondary N) is 2. The van der Waals surface area contributed by atoms with Crippen molar-refractivity contribution in [2.75, 3.05) is 10.6 Å². The molecule has 0 fully saturated rings. The molecule has 4 N–H and O–H groups in total. The fourth-order valence-corrected chi connectivity index (χ4v) is 4.48. The molecular weight excluding hydrogens is 499 g/mol. The Morgan fingerprint density at radius 3 is 1.64 bits per heavy atom. The summed E-state index contributed by atoms with van der Waals surface area (Å²) in [6.45, 7) is 0. The summed E-state index contributed by atoms with van der Waals surface area (Å²) in [5.74, 6) is -5.35. The normalized spacial score (nSPS) is 12.4. The van der Waals surface area contributed by atoms with Gasteiger partial charge >= 0.3 is 11.9 Å². The van der Waals surface area contributed by atoms with Crippen LogP contribution >= 0.6 is 23.2 Å². The largest absolute Gasteiger partial charge is 0.481 e. The highest BCUT2D eigenvalue weighted by Gasteiger charge is 2.39. The molecule has 2 unspecified atom stereocenters. The Balaban J connectivity index is 1.80. The summed E-state index contributed by atoms with van der Waals surface area (Å²) < 4.78 is 0. The second-order valence-corrected chi connectivity index (χ2v) is 8.89. The lowest BCUT2D eigenvalue weighted by molar-refractivity contribution is -0.147. The van der Waals surface area contributed by atoms with Gasteiger partial charge in [-0.3, -0.25) is 9.59 Å². The molecule has 36 heavy (non-hydrogen) atoms. The zero-order valence-electron chi connectivity index (χ0n) is 18.9. The summed E-state index contributed by atoms with van der Waals surface area (Å²) in [7, 11) is 0. The van der Waals surface area contributed by atoms with Gasteiger partial charge in [0.05, 0.1) is 10.7 Å². The number of hydrogen-bond donors (Lipinski definition) is 4. The third kappa shape index (κ3) is 5.62. The molecule has 4 aromatic rings. The summed E-state index contributed by atoms with van der Waals surface area (Å²) in [6.07, 6.45) is 0. The third-order valence-corrected chi connectivity index (χ3v) is 6.27. The Morgan fingerprint density at radius 2 is 1.11 bits per heavy atom. The summed E-state index contributed by atoms with van der Waals surface area (Å²) in [5.41, 5.74) is 2.77. The molecule has 4 aromatic carbocycles. The molecule has 0 aromatic heterocycles. The first-order valence-corrected chi connectivity index (χ1v) is 11.8. The molecule has 182 valence electrons. The van der Waals surface area contributed by atoms with Crippen LogP contribution in [0.3, 0.4) is 0 Å². The van der Waals surface area contributed by atoms with Gasteiger partial charge in [-0.2, -0.15) is 0 Å². The van der Waals surface area contributed by atoms with Crippen molar-refractivity contribution in [1.82, 2.24) is 0 Å². The van der Waals surface area contributed by atoms with Crippen LogP contribution in [0.4, 0.5) is 22.7 Å². The minimum absolute atomic E-state index is 0.315. The predicted molar refractivity (Wildman–Crippen MR) is 143 cm³/mol. The van der Waals surface area contributed by atoms with Crippen molar-refractivity contribution in [3.63, 3.8) is 0 Å². The molecule has 0 aliphatic carbocycles. The van der Waals surface area contributed by atoms with E-state index in [0.717, 1.165) is 0 Å². The van der Waals surface area contributed by atoms with Crippen molar-refractivity contribution < 1.29 is 19.8 Å². The lowest BCUT2D eigenvalue weighted by Crippen LogP contribution is -2.27. The van der Waals surface area contributed by atoms with Gasteiger partial charge in [-0.1, -0.05) is 77.8 Å². The summed E-state index contributed by atoms with van der Waals surface area (Å²) >= 11 is 12.4. The quantitative estimate of drug-likeness (QED) is 0.182. The van der Waals surface area contributed by atoms with E-state index in [1.165, 1.54) is 0 Å². The summed E-state index contributed by atoms with van der Waals surface area (Å²) in [4.78, 5) is 25.3. The Kier molecular flexibility index (Phi) is 7.78. The van der Waals surface area contributed by atoms with Crippen LogP contribution in [-0.2, 0) is 9.59 Å². The van der Waals surface area contributed by atoms with Crippen LogP contribution in [0.1, 0.15) is 23.0 Å². The molecule has 0 aliphatic heterocycles. The van der Waals surface area contributed by atoms with Crippen LogP contribution in [0.15, 0.2) is 97.1 Å². The zero-order chi connectivity index (χ0) is 25.7. The maximum atomic E-state index is 12.6. The third-order valence-electron chi connectivity index (χ3n) is 5.70. The maximum Gasteiger partial charge on any atom is 0.312 e. The Labute approximate surface area is 218 Å². The van der Waals surface area contributed by atoms with Crippen LogP contribution in [0.25, 0.3) is 0 Å². The van der Waals surface area contributed by atoms with E-state index in [9.17, 15) is 19.8 Å². The van der Waals surface area contributed by atoms with Gasteiger partial charge in [0.15, 0.2) is 0 Å². The van der Waals surface area contributed by atoms with Crippen molar-refractivity contribution >= 4 is 57.9 Å². The molecule has 4 rings (SSSR count). The van der Waals surface area contributed by atoms with Crippen LogP contribution < -0.4 is 10.6 Å². The SMILES string of the molecule is O=C(O)C(c1ccccc1Nc1cccc(Cl)c1)C(C(=O)O)c1ccccc1Nc1ccccc1Cl. The number of hydrogen-bond acceptors (Lipinski definition) is 4. The number of carboxylic acids is 2. The molecule has 0 saturated carbocycles. The highest BCUT2D eigenvalue weighted by atomic mass is 35.5. The Morgan fingerprint density at radius 1 is 0.611 bits per heavy atom.